The van der Waals surface area contributed by atoms with Gasteiger partial charge in [0, 0.05) is 17.1 Å². The minimum atomic E-state index is -0.406. The lowest BCUT2D eigenvalue weighted by Crippen LogP contribution is -2.28. The van der Waals surface area contributed by atoms with Crippen molar-refractivity contribution in [1.29, 1.82) is 0 Å². The van der Waals surface area contributed by atoms with Gasteiger partial charge in [-0.3, -0.25) is 14.5 Å². The van der Waals surface area contributed by atoms with E-state index in [0.29, 0.717) is 10.5 Å². The average molecular weight is 408 g/mol. The van der Waals surface area contributed by atoms with E-state index in [1.807, 2.05) is 37.5 Å². The molecule has 1 aliphatic rings. The Morgan fingerprint density at radius 1 is 1.24 bits per heavy atom. The highest BCUT2D eigenvalue weighted by atomic mass is 32.2. The molecule has 7 heteroatoms. The first-order chi connectivity index (χ1) is 13.8. The molecule has 1 fully saturated rings. The molecule has 0 spiro atoms. The second kappa shape index (κ2) is 8.02. The molecule has 148 valence electrons. The molecule has 1 aliphatic heterocycles. The summed E-state index contributed by atoms with van der Waals surface area (Å²) in [6.07, 6.45) is 6.95. The van der Waals surface area contributed by atoms with Gasteiger partial charge in [-0.05, 0) is 67.9 Å². The molecule has 1 aromatic heterocycles. The lowest BCUT2D eigenvalue weighted by molar-refractivity contribution is -0.122. The van der Waals surface area contributed by atoms with Gasteiger partial charge in [-0.15, -0.1) is 6.42 Å². The van der Waals surface area contributed by atoms with E-state index in [-0.39, 0.29) is 17.7 Å². The van der Waals surface area contributed by atoms with E-state index in [2.05, 4.69) is 5.92 Å². The minimum absolute atomic E-state index is 0.0411. The van der Waals surface area contributed by atoms with E-state index in [4.69, 9.17) is 11.2 Å². The number of ether oxygens (including phenoxy) is 1. The summed E-state index contributed by atoms with van der Waals surface area (Å²) in [5.41, 5.74) is 4.93. The van der Waals surface area contributed by atoms with Crippen LogP contribution in [-0.4, -0.2) is 40.2 Å². The number of carbonyl (C=O) groups is 3. The monoisotopic (exact) mass is 408 g/mol. The zero-order chi connectivity index (χ0) is 21.3. The Kier molecular flexibility index (Phi) is 5.66. The van der Waals surface area contributed by atoms with E-state index in [1.54, 1.807) is 18.2 Å². The van der Waals surface area contributed by atoms with Crippen molar-refractivity contribution in [2.75, 3.05) is 13.7 Å². The Bertz CT molecular complexity index is 1100. The summed E-state index contributed by atoms with van der Waals surface area (Å²) >= 11 is 0.881. The molecule has 0 unspecified atom stereocenters. The van der Waals surface area contributed by atoms with E-state index < -0.39 is 5.97 Å². The molecule has 0 saturated carbocycles. The fraction of sp³-hybridized carbons (Fsp3) is 0.227. The van der Waals surface area contributed by atoms with Crippen LogP contribution in [0.15, 0.2) is 29.2 Å². The van der Waals surface area contributed by atoms with Crippen molar-refractivity contribution in [2.24, 2.45) is 0 Å². The molecule has 0 radical (unpaired) electrons. The van der Waals surface area contributed by atoms with Gasteiger partial charge in [0.15, 0.2) is 0 Å². The van der Waals surface area contributed by atoms with Crippen LogP contribution in [0.25, 0.3) is 11.8 Å². The maximum atomic E-state index is 12.5. The van der Waals surface area contributed by atoms with Crippen LogP contribution in [-0.2, 0) is 9.53 Å². The van der Waals surface area contributed by atoms with Crippen molar-refractivity contribution in [1.82, 2.24) is 9.47 Å². The molecule has 2 aromatic rings. The Morgan fingerprint density at radius 2 is 1.97 bits per heavy atom. The quantitative estimate of drug-likeness (QED) is 0.437. The second-order valence-corrected chi connectivity index (χ2v) is 7.62. The number of nitrogens with zero attached hydrogens (tertiary/aromatic N) is 2. The lowest BCUT2D eigenvalue weighted by atomic mass is 10.1. The number of benzene rings is 1. The Labute approximate surface area is 173 Å². The Balaban J connectivity index is 2.05. The van der Waals surface area contributed by atoms with E-state index in [9.17, 15) is 14.4 Å². The summed E-state index contributed by atoms with van der Waals surface area (Å²) in [5, 5.41) is -0.366. The first kappa shape index (κ1) is 20.5. The summed E-state index contributed by atoms with van der Waals surface area (Å²) in [6.45, 7) is 5.79. The Hall–Kier alpha value is -3.24. The highest BCUT2D eigenvalue weighted by molar-refractivity contribution is 8.18. The van der Waals surface area contributed by atoms with Gasteiger partial charge < -0.3 is 9.30 Å². The molecule has 0 atom stereocenters. The summed E-state index contributed by atoms with van der Waals surface area (Å²) in [7, 11) is 1.35. The van der Waals surface area contributed by atoms with Gasteiger partial charge in [0.1, 0.15) is 0 Å². The molecule has 2 heterocycles. The number of thioether (sulfide) groups is 1. The molecular weight excluding hydrogens is 388 g/mol. The smallest absolute Gasteiger partial charge is 0.337 e. The van der Waals surface area contributed by atoms with Crippen molar-refractivity contribution in [3.8, 4) is 18.0 Å². The third-order valence-electron chi connectivity index (χ3n) is 4.75. The van der Waals surface area contributed by atoms with Crippen molar-refractivity contribution >= 4 is 35.0 Å². The van der Waals surface area contributed by atoms with E-state index in [1.165, 1.54) is 7.11 Å². The maximum Gasteiger partial charge on any atom is 0.337 e. The van der Waals surface area contributed by atoms with Crippen LogP contribution in [0.3, 0.4) is 0 Å². The molecule has 1 aromatic carbocycles. The van der Waals surface area contributed by atoms with Gasteiger partial charge in [-0.1, -0.05) is 12.0 Å². The first-order valence-corrected chi connectivity index (χ1v) is 9.67. The van der Waals surface area contributed by atoms with Crippen LogP contribution in [0, 0.1) is 33.1 Å². The maximum absolute atomic E-state index is 12.5. The number of terminal acetylenes is 1. The lowest BCUT2D eigenvalue weighted by Gasteiger charge is -2.14. The van der Waals surface area contributed by atoms with Crippen molar-refractivity contribution < 1.29 is 19.1 Å². The topological polar surface area (TPSA) is 68.6 Å². The number of hydrogen-bond donors (Lipinski definition) is 0. The number of esters is 1. The molecule has 6 nitrogen and oxygen atoms in total. The van der Waals surface area contributed by atoms with Gasteiger partial charge in [0.2, 0.25) is 0 Å². The fourth-order valence-electron chi connectivity index (χ4n) is 3.27. The summed E-state index contributed by atoms with van der Waals surface area (Å²) in [5.74, 6) is 1.54. The molecule has 0 aliphatic carbocycles. The zero-order valence-corrected chi connectivity index (χ0v) is 17.4. The third-order valence-corrected chi connectivity index (χ3v) is 5.66. The predicted octanol–water partition coefficient (Wildman–Crippen LogP) is 3.86. The first-order valence-electron chi connectivity index (χ1n) is 8.85. The number of methoxy groups -OCH3 is 1. The van der Waals surface area contributed by atoms with Crippen molar-refractivity contribution in [3.05, 3.63) is 57.2 Å². The number of hydrogen-bond acceptors (Lipinski definition) is 5. The van der Waals surface area contributed by atoms with E-state index >= 15 is 0 Å². The highest BCUT2D eigenvalue weighted by Gasteiger charge is 2.34. The molecule has 29 heavy (non-hydrogen) atoms. The number of aromatic nitrogens is 1. The number of carbonyl (C=O) groups excluding carboxylic acids is 3. The second-order valence-electron chi connectivity index (χ2n) is 6.63. The average Bonchev–Trinajstić information content (AvgIpc) is 3.12. The Morgan fingerprint density at radius 3 is 2.62 bits per heavy atom. The van der Waals surface area contributed by atoms with Gasteiger partial charge >= 0.3 is 5.97 Å². The van der Waals surface area contributed by atoms with Crippen molar-refractivity contribution in [2.45, 2.75) is 20.8 Å². The molecule has 0 bridgehead atoms. The van der Waals surface area contributed by atoms with Gasteiger partial charge in [0.25, 0.3) is 11.1 Å². The summed E-state index contributed by atoms with van der Waals surface area (Å²) < 4.78 is 6.84. The number of aryl methyl sites for hydroxylation is 2. The number of rotatable bonds is 4. The summed E-state index contributed by atoms with van der Waals surface area (Å²) in [6, 6.07) is 7.31. The molecule has 2 amide bonds. The van der Waals surface area contributed by atoms with Gasteiger partial charge in [-0.2, -0.15) is 0 Å². The van der Waals surface area contributed by atoms with Crippen LogP contribution in [0.4, 0.5) is 4.79 Å². The van der Waals surface area contributed by atoms with Gasteiger partial charge in [0.05, 0.1) is 24.1 Å². The van der Waals surface area contributed by atoms with Gasteiger partial charge in [-0.25, -0.2) is 4.79 Å². The van der Waals surface area contributed by atoms with Crippen LogP contribution in [0.5, 0.6) is 0 Å². The van der Waals surface area contributed by atoms with Crippen LogP contribution in [0.2, 0.25) is 0 Å². The predicted molar refractivity (Wildman–Crippen MR) is 113 cm³/mol. The van der Waals surface area contributed by atoms with Crippen LogP contribution in [0.1, 0.15) is 32.9 Å². The minimum Gasteiger partial charge on any atom is -0.465 e. The largest absolute Gasteiger partial charge is 0.465 e. The third kappa shape index (κ3) is 3.71. The zero-order valence-electron chi connectivity index (χ0n) is 16.6. The van der Waals surface area contributed by atoms with E-state index in [0.717, 1.165) is 44.9 Å². The highest BCUT2D eigenvalue weighted by Crippen LogP contribution is 2.34. The summed E-state index contributed by atoms with van der Waals surface area (Å²) in [4.78, 5) is 37.8. The molecule has 3 rings (SSSR count). The standard InChI is InChI=1S/C22H20N2O4S/c1-6-9-23-20(25)19(29-22(23)27)12-17-10-14(3)24(15(17)4)18-11-16(21(26)28-5)8-7-13(18)2/h1,7-8,10-12H,9H2,2-5H3. The number of imide groups is 1. The number of amides is 2. The molecule has 0 N–H and O–H groups in total. The normalized spacial score (nSPS) is 15.1. The van der Waals surface area contributed by atoms with Crippen LogP contribution >= 0.6 is 11.8 Å². The fourth-order valence-corrected chi connectivity index (χ4v) is 4.10. The van der Waals surface area contributed by atoms with Crippen molar-refractivity contribution in [3.63, 3.8) is 0 Å². The van der Waals surface area contributed by atoms with Crippen LogP contribution < -0.4 is 0 Å². The molecular formula is C22H20N2O4S. The SMILES string of the molecule is C#CCN1C(=O)SC(=Cc2cc(C)n(-c3cc(C(=O)OC)ccc3C)c2C)C1=O. The molecule has 1 saturated heterocycles.